The molecule has 7 nitrogen and oxygen atoms in total. The molecule has 240 valence electrons. The van der Waals surface area contributed by atoms with Crippen LogP contribution in [0.2, 0.25) is 0 Å². The summed E-state index contributed by atoms with van der Waals surface area (Å²) in [5.41, 5.74) is 3.73. The van der Waals surface area contributed by atoms with E-state index < -0.39 is 33.4 Å². The second-order valence-electron chi connectivity index (χ2n) is 13.1. The van der Waals surface area contributed by atoms with Crippen molar-refractivity contribution in [1.29, 1.82) is 0 Å². The molecule has 0 radical (unpaired) electrons. The summed E-state index contributed by atoms with van der Waals surface area (Å²) < 4.78 is -1.28. The number of carbonyl (C=O) groups is 3. The topological polar surface area (TPSA) is 81.2 Å². The number of amides is 3. The Kier molecular flexibility index (Phi) is 9.66. The molecule has 2 aromatic rings. The number of aliphatic hydroxyl groups excluding tert-OH is 1. The van der Waals surface area contributed by atoms with Crippen LogP contribution >= 0.6 is 11.8 Å². The number of aryl methyl sites for hydroxylation is 2. The summed E-state index contributed by atoms with van der Waals surface area (Å²) in [6.45, 7) is 16.9. The van der Waals surface area contributed by atoms with E-state index in [-0.39, 0.29) is 30.9 Å². The van der Waals surface area contributed by atoms with Crippen molar-refractivity contribution in [2.45, 2.75) is 75.0 Å². The highest BCUT2D eigenvalue weighted by Crippen LogP contribution is 2.72. The van der Waals surface area contributed by atoms with Gasteiger partial charge in [0, 0.05) is 30.1 Å². The summed E-state index contributed by atoms with van der Waals surface area (Å²) in [4.78, 5) is 49.7. The average Bonchev–Trinajstić information content (AvgIpc) is 3.60. The van der Waals surface area contributed by atoms with Crippen LogP contribution in [0.5, 0.6) is 0 Å². The number of likely N-dealkylation sites (tertiary alicyclic amines) is 1. The quantitative estimate of drug-likeness (QED) is 0.303. The Hall–Kier alpha value is -3.36. The van der Waals surface area contributed by atoms with Gasteiger partial charge in [-0.3, -0.25) is 14.4 Å². The van der Waals surface area contributed by atoms with Gasteiger partial charge in [0.15, 0.2) is 0 Å². The summed E-state index contributed by atoms with van der Waals surface area (Å²) in [6.07, 6.45) is 6.03. The van der Waals surface area contributed by atoms with Crippen LogP contribution in [0.4, 0.5) is 5.69 Å². The maximum absolute atomic E-state index is 15.2. The summed E-state index contributed by atoms with van der Waals surface area (Å²) in [5, 5.41) is 10.9. The molecule has 0 aliphatic carbocycles. The van der Waals surface area contributed by atoms with Crippen LogP contribution in [0.1, 0.15) is 49.8 Å². The second kappa shape index (κ2) is 13.2. The smallest absolute Gasteiger partial charge is 0.251 e. The summed E-state index contributed by atoms with van der Waals surface area (Å²) >= 11 is 1.67. The van der Waals surface area contributed by atoms with E-state index >= 15 is 4.79 Å². The minimum Gasteiger partial charge on any atom is -0.394 e. The number of fused-ring (bicyclic) bond motifs is 1. The zero-order chi connectivity index (χ0) is 32.5. The lowest BCUT2D eigenvalue weighted by Gasteiger charge is -2.40. The number of hydrogen-bond acceptors (Lipinski definition) is 5. The lowest BCUT2D eigenvalue weighted by atomic mass is 9.66. The van der Waals surface area contributed by atoms with Gasteiger partial charge in [-0.15, -0.1) is 24.9 Å². The van der Waals surface area contributed by atoms with E-state index in [1.807, 2.05) is 74.2 Å². The van der Waals surface area contributed by atoms with Crippen molar-refractivity contribution in [1.82, 2.24) is 9.80 Å². The van der Waals surface area contributed by atoms with Crippen molar-refractivity contribution < 1.29 is 19.5 Å². The molecule has 3 heterocycles. The van der Waals surface area contributed by atoms with Gasteiger partial charge in [-0.2, -0.15) is 0 Å². The van der Waals surface area contributed by atoms with E-state index in [1.165, 1.54) is 0 Å². The number of carbonyl (C=O) groups excluding carboxylic acids is 3. The van der Waals surface area contributed by atoms with Crippen LogP contribution in [0.15, 0.2) is 73.8 Å². The van der Waals surface area contributed by atoms with Gasteiger partial charge in [-0.25, -0.2) is 0 Å². The van der Waals surface area contributed by atoms with E-state index in [2.05, 4.69) is 20.1 Å². The highest BCUT2D eigenvalue weighted by Gasteiger charge is 2.78. The lowest BCUT2D eigenvalue weighted by Crippen LogP contribution is -2.58. The first kappa shape index (κ1) is 33.0. The number of nitrogens with zero attached hydrogens (tertiary/aromatic N) is 3. The molecule has 1 spiro atoms. The van der Waals surface area contributed by atoms with Crippen molar-refractivity contribution >= 4 is 35.2 Å². The molecule has 2 bridgehead atoms. The van der Waals surface area contributed by atoms with Gasteiger partial charge in [-0.1, -0.05) is 61.5 Å². The molecule has 1 N–H and O–H groups in total. The first-order chi connectivity index (χ1) is 21.6. The third-order valence-corrected chi connectivity index (χ3v) is 12.0. The Morgan fingerprint density at radius 1 is 1.09 bits per heavy atom. The van der Waals surface area contributed by atoms with E-state index in [0.29, 0.717) is 25.9 Å². The van der Waals surface area contributed by atoms with Crippen LogP contribution in [0.25, 0.3) is 0 Å². The molecule has 0 saturated carbocycles. The van der Waals surface area contributed by atoms with E-state index in [4.69, 9.17) is 0 Å². The Bertz CT molecular complexity index is 1460. The molecule has 6 atom stereocenters. The number of thioether (sulfide) groups is 1. The molecule has 0 aromatic heterocycles. The number of aliphatic hydroxyl groups is 1. The molecular formula is C37H47N3O4S. The molecular weight excluding hydrogens is 582 g/mol. The van der Waals surface area contributed by atoms with Crippen molar-refractivity contribution in [3.63, 3.8) is 0 Å². The fraction of sp³-hybridized carbons (Fsp3) is 0.486. The highest BCUT2D eigenvalue weighted by molar-refractivity contribution is 8.02. The fourth-order valence-corrected chi connectivity index (χ4v) is 10.4. The first-order valence-electron chi connectivity index (χ1n) is 16.1. The number of benzene rings is 2. The molecule has 2 unspecified atom stereocenters. The van der Waals surface area contributed by atoms with Crippen molar-refractivity contribution in [3.05, 3.63) is 90.5 Å². The van der Waals surface area contributed by atoms with Crippen LogP contribution in [-0.2, 0) is 20.8 Å². The lowest BCUT2D eigenvalue weighted by molar-refractivity contribution is -0.146. The van der Waals surface area contributed by atoms with E-state index in [0.717, 1.165) is 35.2 Å². The Morgan fingerprint density at radius 3 is 2.44 bits per heavy atom. The Labute approximate surface area is 272 Å². The van der Waals surface area contributed by atoms with Gasteiger partial charge >= 0.3 is 0 Å². The number of anilines is 1. The van der Waals surface area contributed by atoms with Crippen LogP contribution < -0.4 is 4.90 Å². The summed E-state index contributed by atoms with van der Waals surface area (Å²) in [7, 11) is 0. The SMILES string of the molecule is C=CCN(CCC)C(=O)[C@H]1[C@H]2C(=O)N([C@@H](CO)Cc3ccccc3)C(C(=O)N(CC=C)c3cc(C)ccc3C)C23CC[C@]1(C)S3. The molecule has 8 heteroatoms. The van der Waals surface area contributed by atoms with Gasteiger partial charge in [0.2, 0.25) is 11.8 Å². The number of hydrogen-bond donors (Lipinski definition) is 1. The van der Waals surface area contributed by atoms with E-state index in [9.17, 15) is 14.7 Å². The molecule has 3 saturated heterocycles. The van der Waals surface area contributed by atoms with Crippen molar-refractivity contribution in [2.24, 2.45) is 11.8 Å². The predicted octanol–water partition coefficient (Wildman–Crippen LogP) is 5.33. The minimum absolute atomic E-state index is 0.0409. The molecule has 3 aliphatic heterocycles. The van der Waals surface area contributed by atoms with Gasteiger partial charge in [-0.05, 0) is 69.2 Å². The summed E-state index contributed by atoms with van der Waals surface area (Å²) in [6, 6.07) is 14.3. The predicted molar refractivity (Wildman–Crippen MR) is 182 cm³/mol. The summed E-state index contributed by atoms with van der Waals surface area (Å²) in [5.74, 6) is -1.67. The second-order valence-corrected chi connectivity index (χ2v) is 15.0. The number of rotatable bonds is 13. The first-order valence-corrected chi connectivity index (χ1v) is 16.9. The zero-order valence-corrected chi connectivity index (χ0v) is 27.9. The Morgan fingerprint density at radius 2 is 1.80 bits per heavy atom. The fourth-order valence-electron chi connectivity index (χ4n) is 8.06. The van der Waals surface area contributed by atoms with E-state index in [1.54, 1.807) is 33.7 Å². The maximum Gasteiger partial charge on any atom is 0.251 e. The van der Waals surface area contributed by atoms with Gasteiger partial charge < -0.3 is 19.8 Å². The monoisotopic (exact) mass is 629 g/mol. The zero-order valence-electron chi connectivity index (χ0n) is 27.1. The third-order valence-electron chi connectivity index (χ3n) is 10.0. The molecule has 3 amide bonds. The molecule has 5 rings (SSSR count). The maximum atomic E-state index is 15.2. The minimum atomic E-state index is -0.848. The average molecular weight is 630 g/mol. The van der Waals surface area contributed by atoms with Crippen molar-refractivity contribution in [2.75, 3.05) is 31.1 Å². The molecule has 3 fully saturated rings. The van der Waals surface area contributed by atoms with Crippen LogP contribution in [0, 0.1) is 25.7 Å². The van der Waals surface area contributed by atoms with Gasteiger partial charge in [0.05, 0.1) is 29.2 Å². The van der Waals surface area contributed by atoms with Gasteiger partial charge in [0.1, 0.15) is 6.04 Å². The standard InChI is InChI=1S/C37H47N3O4S/c1-7-19-38(20-8-2)33(42)30-31-34(43)40(28(24-41)23-27-13-11-10-12-14-27)32(37(31)18-17-36(30,6)45-37)35(44)39(21-9-3)29-22-25(4)15-16-26(29)5/h7,9-16,22,28,30-32,41H,1,3,8,17-21,23-24H2,2,4-6H3/t28-,30-,31+,32?,36+,37?/m1/s1. The molecule has 45 heavy (non-hydrogen) atoms. The largest absolute Gasteiger partial charge is 0.394 e. The Balaban J connectivity index is 1.65. The van der Waals surface area contributed by atoms with Crippen LogP contribution in [0.3, 0.4) is 0 Å². The van der Waals surface area contributed by atoms with Gasteiger partial charge in [0.25, 0.3) is 5.91 Å². The van der Waals surface area contributed by atoms with Crippen molar-refractivity contribution in [3.8, 4) is 0 Å². The molecule has 2 aromatic carbocycles. The highest BCUT2D eigenvalue weighted by atomic mass is 32.2. The molecule has 3 aliphatic rings. The third kappa shape index (κ3) is 5.65. The normalized spacial score (nSPS) is 27.3. The van der Waals surface area contributed by atoms with Crippen LogP contribution in [-0.4, -0.2) is 80.4 Å².